The lowest BCUT2D eigenvalue weighted by Gasteiger charge is -2.39. The highest BCUT2D eigenvalue weighted by atomic mass is 35.5. The standard InChI is InChI=1S/C20H26ClF3N2O3/c1-12-7-9-26(10-8-12)18(13(2)20(22,23)24)19(29)25-16-11-14(3-5-15(16)21)4-6-17(27)28/h3,5,11-13,18H,4,6-10H2,1-2H3,(H,25,29)(H,27,28). The number of hydrogen-bond acceptors (Lipinski definition) is 3. The number of hydrogen-bond donors (Lipinski definition) is 2. The molecule has 2 N–H and O–H groups in total. The predicted octanol–water partition coefficient (Wildman–Crippen LogP) is 4.59. The Labute approximate surface area is 173 Å². The van der Waals surface area contributed by atoms with Crippen LogP contribution in [0.1, 0.15) is 38.7 Å². The molecule has 29 heavy (non-hydrogen) atoms. The van der Waals surface area contributed by atoms with Gasteiger partial charge in [-0.05, 0) is 56.0 Å². The third-order valence-corrected chi connectivity index (χ3v) is 5.72. The Hall–Kier alpha value is -1.80. The minimum absolute atomic E-state index is 0.102. The van der Waals surface area contributed by atoms with Gasteiger partial charge < -0.3 is 10.4 Å². The summed E-state index contributed by atoms with van der Waals surface area (Å²) in [7, 11) is 0. The molecular formula is C20H26ClF3N2O3. The van der Waals surface area contributed by atoms with Crippen molar-refractivity contribution in [1.29, 1.82) is 0 Å². The molecule has 0 bridgehead atoms. The second-order valence-electron chi connectivity index (χ2n) is 7.69. The van der Waals surface area contributed by atoms with Crippen LogP contribution in [-0.2, 0) is 16.0 Å². The maximum Gasteiger partial charge on any atom is 0.393 e. The predicted molar refractivity (Wildman–Crippen MR) is 105 cm³/mol. The molecule has 0 aromatic heterocycles. The first-order valence-corrected chi connectivity index (χ1v) is 9.98. The topological polar surface area (TPSA) is 69.6 Å². The Morgan fingerprint density at radius 1 is 1.31 bits per heavy atom. The lowest BCUT2D eigenvalue weighted by Crippen LogP contribution is -2.54. The first-order chi connectivity index (χ1) is 13.5. The van der Waals surface area contributed by atoms with E-state index in [4.69, 9.17) is 16.7 Å². The molecule has 2 atom stereocenters. The van der Waals surface area contributed by atoms with Gasteiger partial charge in [0, 0.05) is 6.42 Å². The molecule has 9 heteroatoms. The number of benzene rings is 1. The Balaban J connectivity index is 2.22. The summed E-state index contributed by atoms with van der Waals surface area (Å²) in [4.78, 5) is 25.2. The number of carboxylic acid groups (broad SMARTS) is 1. The average molecular weight is 435 g/mol. The first kappa shape index (κ1) is 23.5. The normalized spacial score (nSPS) is 18.3. The van der Waals surface area contributed by atoms with Crippen molar-refractivity contribution in [3.05, 3.63) is 28.8 Å². The van der Waals surface area contributed by atoms with Crippen LogP contribution in [0, 0.1) is 11.8 Å². The zero-order valence-corrected chi connectivity index (χ0v) is 17.2. The molecule has 1 saturated heterocycles. The number of aryl methyl sites for hydroxylation is 1. The largest absolute Gasteiger partial charge is 0.481 e. The summed E-state index contributed by atoms with van der Waals surface area (Å²) in [6.07, 6.45) is -2.92. The van der Waals surface area contributed by atoms with E-state index in [2.05, 4.69) is 5.32 Å². The molecule has 1 amide bonds. The molecule has 1 heterocycles. The highest BCUT2D eigenvalue weighted by molar-refractivity contribution is 6.33. The summed E-state index contributed by atoms with van der Waals surface area (Å²) < 4.78 is 40.4. The number of piperidine rings is 1. The van der Waals surface area contributed by atoms with Gasteiger partial charge in [-0.15, -0.1) is 0 Å². The van der Waals surface area contributed by atoms with Crippen LogP contribution in [0.5, 0.6) is 0 Å². The van der Waals surface area contributed by atoms with E-state index in [1.807, 2.05) is 6.92 Å². The summed E-state index contributed by atoms with van der Waals surface area (Å²) in [5.74, 6) is -3.16. The smallest absolute Gasteiger partial charge is 0.393 e. The number of halogens is 4. The summed E-state index contributed by atoms with van der Waals surface area (Å²) in [5.41, 5.74) is 0.809. The minimum atomic E-state index is -4.52. The van der Waals surface area contributed by atoms with Gasteiger partial charge in [0.2, 0.25) is 5.91 Å². The van der Waals surface area contributed by atoms with Crippen LogP contribution in [0.25, 0.3) is 0 Å². The molecule has 1 aromatic rings. The molecule has 0 spiro atoms. The SMILES string of the molecule is CC1CCN(C(C(=O)Nc2cc(CCC(=O)O)ccc2Cl)C(C)C(F)(F)F)CC1. The summed E-state index contributed by atoms with van der Waals surface area (Å²) >= 11 is 6.12. The van der Waals surface area contributed by atoms with Crippen molar-refractivity contribution in [3.8, 4) is 0 Å². The fourth-order valence-corrected chi connectivity index (χ4v) is 3.64. The van der Waals surface area contributed by atoms with Crippen molar-refractivity contribution in [2.75, 3.05) is 18.4 Å². The van der Waals surface area contributed by atoms with Gasteiger partial charge in [-0.3, -0.25) is 14.5 Å². The maximum absolute atomic E-state index is 13.5. The van der Waals surface area contributed by atoms with Gasteiger partial charge >= 0.3 is 12.1 Å². The number of likely N-dealkylation sites (tertiary alicyclic amines) is 1. The van der Waals surface area contributed by atoms with E-state index in [0.29, 0.717) is 24.6 Å². The second-order valence-corrected chi connectivity index (χ2v) is 8.10. The van der Waals surface area contributed by atoms with Crippen LogP contribution in [0.15, 0.2) is 18.2 Å². The lowest BCUT2D eigenvalue weighted by molar-refractivity contribution is -0.189. The monoisotopic (exact) mass is 434 g/mol. The van der Waals surface area contributed by atoms with Crippen LogP contribution in [0.2, 0.25) is 5.02 Å². The Morgan fingerprint density at radius 3 is 2.48 bits per heavy atom. The van der Waals surface area contributed by atoms with E-state index in [0.717, 1.165) is 19.8 Å². The zero-order valence-electron chi connectivity index (χ0n) is 16.4. The summed E-state index contributed by atoms with van der Waals surface area (Å²) in [5, 5.41) is 11.5. The number of nitrogens with one attached hydrogen (secondary N) is 1. The van der Waals surface area contributed by atoms with Gasteiger partial charge in [0.15, 0.2) is 0 Å². The van der Waals surface area contributed by atoms with Gasteiger partial charge in [0.25, 0.3) is 0 Å². The number of nitrogens with zero attached hydrogens (tertiary/aromatic N) is 1. The number of carbonyl (C=O) groups excluding carboxylic acids is 1. The van der Waals surface area contributed by atoms with Gasteiger partial charge in [0.05, 0.1) is 16.6 Å². The summed E-state index contributed by atoms with van der Waals surface area (Å²) in [6, 6.07) is 3.28. The Kier molecular flexibility index (Phi) is 7.94. The number of carboxylic acids is 1. The number of carbonyl (C=O) groups is 2. The molecular weight excluding hydrogens is 409 g/mol. The molecule has 1 aliphatic heterocycles. The minimum Gasteiger partial charge on any atom is -0.481 e. The lowest BCUT2D eigenvalue weighted by atomic mass is 9.92. The van der Waals surface area contributed by atoms with Gasteiger partial charge in [-0.1, -0.05) is 31.5 Å². The third-order valence-electron chi connectivity index (χ3n) is 5.39. The van der Waals surface area contributed by atoms with Crippen molar-refractivity contribution >= 4 is 29.2 Å². The molecule has 1 fully saturated rings. The maximum atomic E-state index is 13.5. The number of rotatable bonds is 7. The van der Waals surface area contributed by atoms with Crippen molar-refractivity contribution in [2.24, 2.45) is 11.8 Å². The van der Waals surface area contributed by atoms with Crippen molar-refractivity contribution in [3.63, 3.8) is 0 Å². The van der Waals surface area contributed by atoms with Gasteiger partial charge in [-0.25, -0.2) is 0 Å². The number of alkyl halides is 3. The molecule has 0 radical (unpaired) electrons. The van der Waals surface area contributed by atoms with Crippen LogP contribution in [0.3, 0.4) is 0 Å². The summed E-state index contributed by atoms with van der Waals surface area (Å²) in [6.45, 7) is 3.91. The van der Waals surface area contributed by atoms with E-state index in [1.54, 1.807) is 11.0 Å². The van der Waals surface area contributed by atoms with E-state index in [-0.39, 0.29) is 23.6 Å². The highest BCUT2D eigenvalue weighted by Gasteiger charge is 2.47. The molecule has 0 aliphatic carbocycles. The number of anilines is 1. The van der Waals surface area contributed by atoms with E-state index in [1.165, 1.54) is 12.1 Å². The third kappa shape index (κ3) is 6.60. The number of amides is 1. The molecule has 1 aliphatic rings. The first-order valence-electron chi connectivity index (χ1n) is 9.61. The molecule has 1 aromatic carbocycles. The van der Waals surface area contributed by atoms with Gasteiger partial charge in [-0.2, -0.15) is 13.2 Å². The number of aliphatic carboxylic acids is 1. The van der Waals surface area contributed by atoms with Crippen LogP contribution >= 0.6 is 11.6 Å². The van der Waals surface area contributed by atoms with E-state index < -0.39 is 30.0 Å². The van der Waals surface area contributed by atoms with Crippen molar-refractivity contribution < 1.29 is 27.9 Å². The van der Waals surface area contributed by atoms with Crippen molar-refractivity contribution in [1.82, 2.24) is 4.90 Å². The fourth-order valence-electron chi connectivity index (χ4n) is 3.48. The second kappa shape index (κ2) is 9.80. The molecule has 162 valence electrons. The van der Waals surface area contributed by atoms with Crippen LogP contribution < -0.4 is 5.32 Å². The quantitative estimate of drug-likeness (QED) is 0.658. The molecule has 5 nitrogen and oxygen atoms in total. The van der Waals surface area contributed by atoms with E-state index >= 15 is 0 Å². The van der Waals surface area contributed by atoms with E-state index in [9.17, 15) is 22.8 Å². The zero-order chi connectivity index (χ0) is 21.8. The molecule has 2 rings (SSSR count). The van der Waals surface area contributed by atoms with Gasteiger partial charge in [0.1, 0.15) is 6.04 Å². The molecule has 2 unspecified atom stereocenters. The Bertz CT molecular complexity index is 734. The highest BCUT2D eigenvalue weighted by Crippen LogP contribution is 2.34. The van der Waals surface area contributed by atoms with Crippen molar-refractivity contribution in [2.45, 2.75) is 51.7 Å². The fraction of sp³-hybridized carbons (Fsp3) is 0.600. The Morgan fingerprint density at radius 2 is 1.93 bits per heavy atom. The van der Waals surface area contributed by atoms with Crippen LogP contribution in [0.4, 0.5) is 18.9 Å². The average Bonchev–Trinajstić information content (AvgIpc) is 2.63. The van der Waals surface area contributed by atoms with Crippen LogP contribution in [-0.4, -0.2) is 47.2 Å². The molecule has 0 saturated carbocycles.